The minimum absolute atomic E-state index is 0.0127. The van der Waals surface area contributed by atoms with Gasteiger partial charge >= 0.3 is 0 Å². The largest absolute Gasteiger partial charge is 0.325 e. The van der Waals surface area contributed by atoms with Gasteiger partial charge in [-0.15, -0.1) is 11.3 Å². The molecule has 1 amide bonds. The van der Waals surface area contributed by atoms with Crippen LogP contribution in [0.5, 0.6) is 0 Å². The molecule has 0 atom stereocenters. The number of thiophene rings is 1. The van der Waals surface area contributed by atoms with E-state index >= 15 is 0 Å². The quantitative estimate of drug-likeness (QED) is 0.859. The Hall–Kier alpha value is -1.17. The minimum Gasteiger partial charge on any atom is -0.325 e. The van der Waals surface area contributed by atoms with Crippen LogP contribution in [-0.4, -0.2) is 24.4 Å². The van der Waals surface area contributed by atoms with Crippen molar-refractivity contribution in [1.82, 2.24) is 4.90 Å². The SMILES string of the molecule is Cc1ccc(NC(=O)CN(C)Cc2csc(Br)c2)c(C)c1. The summed E-state index contributed by atoms with van der Waals surface area (Å²) in [6.45, 7) is 5.20. The van der Waals surface area contributed by atoms with Crippen LogP contribution in [0.15, 0.2) is 33.4 Å². The van der Waals surface area contributed by atoms with E-state index in [4.69, 9.17) is 0 Å². The van der Waals surface area contributed by atoms with Gasteiger partial charge in [0.15, 0.2) is 0 Å². The number of halogens is 1. The topological polar surface area (TPSA) is 32.3 Å². The van der Waals surface area contributed by atoms with Crippen molar-refractivity contribution in [2.75, 3.05) is 18.9 Å². The van der Waals surface area contributed by atoms with Gasteiger partial charge in [-0.2, -0.15) is 0 Å². The Kier molecular flexibility index (Phi) is 5.56. The number of nitrogens with zero attached hydrogens (tertiary/aromatic N) is 1. The predicted molar refractivity (Wildman–Crippen MR) is 92.9 cm³/mol. The summed E-state index contributed by atoms with van der Waals surface area (Å²) in [4.78, 5) is 14.1. The van der Waals surface area contributed by atoms with Gasteiger partial charge in [-0.25, -0.2) is 0 Å². The van der Waals surface area contributed by atoms with Gasteiger partial charge in [0.1, 0.15) is 0 Å². The molecule has 1 N–H and O–H groups in total. The number of nitrogens with one attached hydrogen (secondary N) is 1. The second kappa shape index (κ2) is 7.20. The van der Waals surface area contributed by atoms with E-state index < -0.39 is 0 Å². The number of likely N-dealkylation sites (N-methyl/N-ethyl adjacent to an activating group) is 1. The molecule has 112 valence electrons. The lowest BCUT2D eigenvalue weighted by molar-refractivity contribution is -0.117. The number of anilines is 1. The van der Waals surface area contributed by atoms with Gasteiger partial charge in [0, 0.05) is 12.2 Å². The molecule has 0 fully saturated rings. The summed E-state index contributed by atoms with van der Waals surface area (Å²) in [7, 11) is 1.95. The van der Waals surface area contributed by atoms with E-state index in [1.165, 1.54) is 11.1 Å². The first-order valence-electron chi connectivity index (χ1n) is 6.72. The number of carbonyl (C=O) groups excluding carboxylic acids is 1. The van der Waals surface area contributed by atoms with Gasteiger partial charge in [-0.1, -0.05) is 17.7 Å². The van der Waals surface area contributed by atoms with Crippen LogP contribution in [0.4, 0.5) is 5.69 Å². The Bertz CT molecular complexity index is 639. The van der Waals surface area contributed by atoms with E-state index in [1.807, 2.05) is 37.9 Å². The molecule has 1 heterocycles. The third kappa shape index (κ3) is 4.95. The summed E-state index contributed by atoms with van der Waals surface area (Å²) >= 11 is 5.11. The normalized spacial score (nSPS) is 10.9. The zero-order valence-corrected chi connectivity index (χ0v) is 14.8. The summed E-state index contributed by atoms with van der Waals surface area (Å²) in [6.07, 6.45) is 0. The molecule has 0 saturated carbocycles. The van der Waals surface area contributed by atoms with Crippen LogP contribution in [0.1, 0.15) is 16.7 Å². The molecule has 2 rings (SSSR count). The first-order chi connectivity index (χ1) is 9.94. The number of amides is 1. The standard InChI is InChI=1S/C16H19BrN2OS/c1-11-4-5-14(12(2)6-11)18-16(20)9-19(3)8-13-7-15(17)21-10-13/h4-7,10H,8-9H2,1-3H3,(H,18,20). The molecule has 1 aromatic carbocycles. The van der Waals surface area contributed by atoms with E-state index in [-0.39, 0.29) is 5.91 Å². The second-order valence-corrected chi connectivity index (χ2v) is 7.59. The summed E-state index contributed by atoms with van der Waals surface area (Å²) < 4.78 is 1.12. The van der Waals surface area contributed by atoms with Gasteiger partial charge in [0.25, 0.3) is 0 Å². The number of aryl methyl sites for hydroxylation is 2. The van der Waals surface area contributed by atoms with Gasteiger partial charge in [-0.05, 0) is 65.5 Å². The Morgan fingerprint density at radius 2 is 2.10 bits per heavy atom. The molecular weight excluding hydrogens is 348 g/mol. The minimum atomic E-state index is 0.0127. The van der Waals surface area contributed by atoms with Crippen molar-refractivity contribution in [1.29, 1.82) is 0 Å². The molecule has 0 aliphatic carbocycles. The maximum Gasteiger partial charge on any atom is 0.238 e. The van der Waals surface area contributed by atoms with Crippen LogP contribution in [0.2, 0.25) is 0 Å². The van der Waals surface area contributed by atoms with Crippen LogP contribution >= 0.6 is 27.3 Å². The average molecular weight is 367 g/mol. The molecule has 0 radical (unpaired) electrons. The molecule has 5 heteroatoms. The third-order valence-corrected chi connectivity index (χ3v) is 4.70. The Balaban J connectivity index is 1.89. The van der Waals surface area contributed by atoms with Crippen molar-refractivity contribution in [3.8, 4) is 0 Å². The first-order valence-corrected chi connectivity index (χ1v) is 8.40. The molecule has 3 nitrogen and oxygen atoms in total. The Morgan fingerprint density at radius 3 is 2.71 bits per heavy atom. The molecule has 0 aliphatic rings. The number of hydrogen-bond acceptors (Lipinski definition) is 3. The molecule has 2 aromatic rings. The van der Waals surface area contributed by atoms with Crippen molar-refractivity contribution < 1.29 is 4.79 Å². The smallest absolute Gasteiger partial charge is 0.238 e. The third-order valence-electron chi connectivity index (χ3n) is 3.14. The summed E-state index contributed by atoms with van der Waals surface area (Å²) in [5.74, 6) is 0.0127. The van der Waals surface area contributed by atoms with E-state index in [2.05, 4.69) is 38.8 Å². The maximum absolute atomic E-state index is 12.1. The maximum atomic E-state index is 12.1. The summed E-state index contributed by atoms with van der Waals surface area (Å²) in [6, 6.07) is 8.12. The predicted octanol–water partition coefficient (Wildman–Crippen LogP) is 4.20. The number of rotatable bonds is 5. The lowest BCUT2D eigenvalue weighted by Crippen LogP contribution is -2.29. The second-order valence-electron chi connectivity index (χ2n) is 5.30. The van der Waals surface area contributed by atoms with Crippen LogP contribution in [-0.2, 0) is 11.3 Å². The highest BCUT2D eigenvalue weighted by atomic mass is 79.9. The van der Waals surface area contributed by atoms with Gasteiger partial charge in [-0.3, -0.25) is 9.69 Å². The zero-order chi connectivity index (χ0) is 15.4. The van der Waals surface area contributed by atoms with Crippen molar-refractivity contribution in [2.45, 2.75) is 20.4 Å². The van der Waals surface area contributed by atoms with E-state index in [9.17, 15) is 4.79 Å². The molecular formula is C16H19BrN2OS. The summed E-state index contributed by atoms with van der Waals surface area (Å²) in [5.41, 5.74) is 4.39. The number of hydrogen-bond donors (Lipinski definition) is 1. The van der Waals surface area contributed by atoms with Crippen molar-refractivity contribution in [3.05, 3.63) is 50.1 Å². The van der Waals surface area contributed by atoms with Crippen LogP contribution in [0, 0.1) is 13.8 Å². The molecule has 0 aliphatic heterocycles. The van der Waals surface area contributed by atoms with E-state index in [0.717, 1.165) is 21.6 Å². The highest BCUT2D eigenvalue weighted by molar-refractivity contribution is 9.11. The fourth-order valence-electron chi connectivity index (χ4n) is 2.18. The fraction of sp³-hybridized carbons (Fsp3) is 0.312. The molecule has 1 aromatic heterocycles. The van der Waals surface area contributed by atoms with Crippen molar-refractivity contribution in [2.24, 2.45) is 0 Å². The van der Waals surface area contributed by atoms with Crippen LogP contribution in [0.3, 0.4) is 0 Å². The Morgan fingerprint density at radius 1 is 1.33 bits per heavy atom. The summed E-state index contributed by atoms with van der Waals surface area (Å²) in [5, 5.41) is 5.07. The highest BCUT2D eigenvalue weighted by Crippen LogP contribution is 2.21. The number of benzene rings is 1. The van der Waals surface area contributed by atoms with E-state index in [0.29, 0.717) is 6.54 Å². The Labute approximate surface area is 138 Å². The van der Waals surface area contributed by atoms with Gasteiger partial charge in [0.2, 0.25) is 5.91 Å². The average Bonchev–Trinajstić information content (AvgIpc) is 2.78. The molecule has 0 unspecified atom stereocenters. The zero-order valence-electron chi connectivity index (χ0n) is 12.4. The molecule has 0 saturated heterocycles. The molecule has 0 spiro atoms. The lowest BCUT2D eigenvalue weighted by Gasteiger charge is -2.16. The monoisotopic (exact) mass is 366 g/mol. The lowest BCUT2D eigenvalue weighted by atomic mass is 10.1. The fourth-order valence-corrected chi connectivity index (χ4v) is 3.39. The van der Waals surface area contributed by atoms with Gasteiger partial charge in [0.05, 0.1) is 10.3 Å². The number of carbonyl (C=O) groups is 1. The molecule has 0 bridgehead atoms. The van der Waals surface area contributed by atoms with E-state index in [1.54, 1.807) is 11.3 Å². The molecule has 21 heavy (non-hydrogen) atoms. The highest BCUT2D eigenvalue weighted by Gasteiger charge is 2.09. The van der Waals surface area contributed by atoms with Crippen LogP contribution in [0.25, 0.3) is 0 Å². The van der Waals surface area contributed by atoms with Crippen LogP contribution < -0.4 is 5.32 Å². The first kappa shape index (κ1) is 16.2. The van der Waals surface area contributed by atoms with Crippen molar-refractivity contribution in [3.63, 3.8) is 0 Å². The van der Waals surface area contributed by atoms with Gasteiger partial charge < -0.3 is 5.32 Å². The van der Waals surface area contributed by atoms with Crippen molar-refractivity contribution >= 4 is 38.9 Å².